The van der Waals surface area contributed by atoms with E-state index in [1.54, 1.807) is 4.31 Å². The highest BCUT2D eigenvalue weighted by atomic mass is 32.1. The summed E-state index contributed by atoms with van der Waals surface area (Å²) in [6.07, 6.45) is 0. The summed E-state index contributed by atoms with van der Waals surface area (Å²) in [7, 11) is 0. The van der Waals surface area contributed by atoms with Crippen molar-refractivity contribution >= 4 is 47.5 Å². The third kappa shape index (κ3) is 20.9. The summed E-state index contributed by atoms with van der Waals surface area (Å²) >= 11 is 13.6. The molecular formula is C3H23N3O9S3. The molecule has 0 saturated carbocycles. The second-order valence-corrected chi connectivity index (χ2v) is 2.77. The molecule has 0 aromatic heterocycles. The van der Waals surface area contributed by atoms with Crippen LogP contribution in [0.15, 0.2) is 0 Å². The first-order valence-corrected chi connectivity index (χ1v) is 3.47. The zero-order valence-corrected chi connectivity index (χ0v) is 11.4. The van der Waals surface area contributed by atoms with E-state index in [0.717, 1.165) is 0 Å². The van der Waals surface area contributed by atoms with Gasteiger partial charge in [0.05, 0.1) is 0 Å². The molecule has 0 aromatic carbocycles. The van der Waals surface area contributed by atoms with Crippen LogP contribution in [0, 0.1) is 0 Å². The number of hydrogen-bond donors (Lipinski definition) is 3. The van der Waals surface area contributed by atoms with Crippen LogP contribution >= 0.6 is 37.3 Å². The normalized spacial score (nSPS) is 9.50. The van der Waals surface area contributed by atoms with Gasteiger partial charge in [-0.15, -0.1) is 0 Å². The summed E-state index contributed by atoms with van der Waals surface area (Å²) in [5.41, 5.74) is 0. The SMILES string of the molecule is O.O.O.O.O.O.O.O.O.S=C1NCN(S)C(=S)N1. The molecule has 0 spiro atoms. The lowest BCUT2D eigenvalue weighted by Gasteiger charge is -2.26. The van der Waals surface area contributed by atoms with Gasteiger partial charge in [0.15, 0.2) is 10.2 Å². The molecule has 1 saturated heterocycles. The molecule has 0 amide bonds. The summed E-state index contributed by atoms with van der Waals surface area (Å²) < 4.78 is 1.56. The smallest absolute Gasteiger partial charge is 0.186 e. The predicted octanol–water partition coefficient (Wildman–Crippen LogP) is -7.57. The molecule has 18 heavy (non-hydrogen) atoms. The number of nitrogens with one attached hydrogen (secondary N) is 2. The van der Waals surface area contributed by atoms with Crippen LogP contribution in [0.2, 0.25) is 0 Å². The third-order valence-corrected chi connectivity index (χ3v) is 1.89. The highest BCUT2D eigenvalue weighted by Crippen LogP contribution is 1.95. The highest BCUT2D eigenvalue weighted by Gasteiger charge is 2.11. The molecule has 122 valence electrons. The Kier molecular flexibility index (Phi) is 110. The Morgan fingerprint density at radius 2 is 1.17 bits per heavy atom. The van der Waals surface area contributed by atoms with Crippen LogP contribution in [-0.4, -0.2) is 70.5 Å². The molecule has 1 fully saturated rings. The molecule has 12 nitrogen and oxygen atoms in total. The van der Waals surface area contributed by atoms with Crippen LogP contribution in [0.1, 0.15) is 0 Å². The summed E-state index contributed by atoms with van der Waals surface area (Å²) in [4.78, 5) is 0. The van der Waals surface area contributed by atoms with Crippen LogP contribution in [0.4, 0.5) is 0 Å². The van der Waals surface area contributed by atoms with Crippen molar-refractivity contribution in [2.75, 3.05) is 6.67 Å². The van der Waals surface area contributed by atoms with Gasteiger partial charge in [0.1, 0.15) is 6.67 Å². The molecule has 0 aromatic rings. The standard InChI is InChI=1S/C3H5N3S3.9H2O/c7-2-4-1-6(9)3(8)5-2;;;;;;;;;/h9H,1H2,(H2,4,5,7,8);9*1H2. The van der Waals surface area contributed by atoms with E-state index in [1.807, 2.05) is 0 Å². The molecule has 15 heteroatoms. The summed E-state index contributed by atoms with van der Waals surface area (Å²) in [5.74, 6) is 0. The van der Waals surface area contributed by atoms with E-state index in [-0.39, 0.29) is 49.3 Å². The number of nitrogens with zero attached hydrogens (tertiary/aromatic N) is 1. The van der Waals surface area contributed by atoms with Crippen molar-refractivity contribution in [3.05, 3.63) is 0 Å². The van der Waals surface area contributed by atoms with E-state index in [2.05, 4.69) is 23.4 Å². The fourth-order valence-electron chi connectivity index (χ4n) is 0.424. The lowest BCUT2D eigenvalue weighted by molar-refractivity contribution is 0.617. The number of thiocarbonyl (C=S) groups is 2. The van der Waals surface area contributed by atoms with Gasteiger partial charge in [0, 0.05) is 0 Å². The maximum Gasteiger partial charge on any atom is 0.186 e. The average molecular weight is 341 g/mol. The van der Waals surface area contributed by atoms with E-state index in [9.17, 15) is 0 Å². The van der Waals surface area contributed by atoms with Gasteiger partial charge in [-0.1, -0.05) is 12.8 Å². The fraction of sp³-hybridized carbons (Fsp3) is 0.333. The average Bonchev–Trinajstić information content (AvgIpc) is 1.80. The van der Waals surface area contributed by atoms with Crippen molar-refractivity contribution in [1.29, 1.82) is 0 Å². The molecule has 0 radical (unpaired) electrons. The third-order valence-electron chi connectivity index (χ3n) is 0.844. The highest BCUT2D eigenvalue weighted by molar-refractivity contribution is 7.84. The van der Waals surface area contributed by atoms with Crippen molar-refractivity contribution in [3.63, 3.8) is 0 Å². The molecule has 0 unspecified atom stereocenters. The fourth-order valence-corrected chi connectivity index (χ4v) is 0.937. The Balaban J connectivity index is -0.0000000129. The van der Waals surface area contributed by atoms with Crippen molar-refractivity contribution < 1.29 is 49.3 Å². The van der Waals surface area contributed by atoms with Crippen LogP contribution in [-0.2, 0) is 0 Å². The van der Waals surface area contributed by atoms with Gasteiger partial charge in [-0.3, -0.25) is 4.31 Å². The maximum absolute atomic E-state index is 4.82. The van der Waals surface area contributed by atoms with E-state index in [1.165, 1.54) is 0 Å². The first-order chi connectivity index (χ1) is 4.20. The first-order valence-electron chi connectivity index (χ1n) is 2.25. The van der Waals surface area contributed by atoms with E-state index >= 15 is 0 Å². The van der Waals surface area contributed by atoms with Gasteiger partial charge in [-0.2, -0.15) is 0 Å². The topological polar surface area (TPSA) is 311 Å². The molecule has 20 N–H and O–H groups in total. The van der Waals surface area contributed by atoms with Gasteiger partial charge >= 0.3 is 0 Å². The minimum atomic E-state index is 0. The Hall–Kier alpha value is -0.430. The molecule has 0 atom stereocenters. The Bertz CT molecular complexity index is 174. The molecule has 0 aliphatic carbocycles. The van der Waals surface area contributed by atoms with Crippen molar-refractivity contribution in [2.24, 2.45) is 0 Å². The van der Waals surface area contributed by atoms with Gasteiger partial charge in [-0.25, -0.2) is 0 Å². The molecule has 1 aliphatic rings. The summed E-state index contributed by atoms with van der Waals surface area (Å²) in [6, 6.07) is 0. The van der Waals surface area contributed by atoms with E-state index in [4.69, 9.17) is 24.4 Å². The van der Waals surface area contributed by atoms with Crippen molar-refractivity contribution in [2.45, 2.75) is 0 Å². The monoisotopic (exact) mass is 341 g/mol. The van der Waals surface area contributed by atoms with Crippen LogP contribution in [0.5, 0.6) is 0 Å². The van der Waals surface area contributed by atoms with Crippen LogP contribution in [0.3, 0.4) is 0 Å². The zero-order valence-electron chi connectivity index (χ0n) is 8.92. The van der Waals surface area contributed by atoms with Crippen molar-refractivity contribution in [3.8, 4) is 0 Å². The second-order valence-electron chi connectivity index (χ2n) is 1.49. The van der Waals surface area contributed by atoms with Crippen LogP contribution in [0.25, 0.3) is 0 Å². The Labute approximate surface area is 119 Å². The Morgan fingerprint density at radius 3 is 1.39 bits per heavy atom. The number of rotatable bonds is 0. The minimum Gasteiger partial charge on any atom is -0.412 e. The first kappa shape index (κ1) is 65.7. The largest absolute Gasteiger partial charge is 0.412 e. The van der Waals surface area contributed by atoms with E-state index in [0.29, 0.717) is 16.9 Å². The van der Waals surface area contributed by atoms with Gasteiger partial charge in [0.2, 0.25) is 0 Å². The predicted molar refractivity (Wildman–Crippen MR) is 79.7 cm³/mol. The van der Waals surface area contributed by atoms with Crippen LogP contribution < -0.4 is 10.6 Å². The van der Waals surface area contributed by atoms with E-state index < -0.39 is 0 Å². The minimum absolute atomic E-state index is 0. The number of hydrogen-bond acceptors (Lipinski definition) is 3. The quantitative estimate of drug-likeness (QED) is 0.284. The second kappa shape index (κ2) is 30.0. The molecule has 1 rings (SSSR count). The lowest BCUT2D eigenvalue weighted by atomic mass is 10.8. The summed E-state index contributed by atoms with van der Waals surface area (Å²) in [5, 5.41) is 6.68. The molecule has 0 bridgehead atoms. The van der Waals surface area contributed by atoms with Crippen molar-refractivity contribution in [1.82, 2.24) is 14.9 Å². The maximum atomic E-state index is 4.82. The lowest BCUT2D eigenvalue weighted by Crippen LogP contribution is -2.53. The zero-order chi connectivity index (χ0) is 6.85. The van der Waals surface area contributed by atoms with Gasteiger partial charge < -0.3 is 59.9 Å². The molecule has 1 heterocycles. The molecular weight excluding hydrogens is 318 g/mol. The Morgan fingerprint density at radius 1 is 0.833 bits per heavy atom. The number of thiol groups is 1. The molecule has 1 aliphatic heterocycles. The summed E-state index contributed by atoms with van der Waals surface area (Å²) in [6.45, 7) is 0.563. The van der Waals surface area contributed by atoms with Gasteiger partial charge in [0.25, 0.3) is 0 Å². The van der Waals surface area contributed by atoms with Gasteiger partial charge in [-0.05, 0) is 24.4 Å².